The first kappa shape index (κ1) is 16.2. The van der Waals surface area contributed by atoms with Crippen molar-refractivity contribution in [2.24, 2.45) is 10.4 Å². The van der Waals surface area contributed by atoms with Gasteiger partial charge in [0.15, 0.2) is 0 Å². The summed E-state index contributed by atoms with van der Waals surface area (Å²) in [5.74, 6) is -0.268. The van der Waals surface area contributed by atoms with Crippen LogP contribution in [0.5, 0.6) is 0 Å². The van der Waals surface area contributed by atoms with Crippen molar-refractivity contribution in [1.29, 1.82) is 0 Å². The van der Waals surface area contributed by atoms with Gasteiger partial charge in [0, 0.05) is 5.71 Å². The highest BCUT2D eigenvalue weighted by Gasteiger charge is 2.55. The van der Waals surface area contributed by atoms with Gasteiger partial charge in [0.05, 0.1) is 13.7 Å². The van der Waals surface area contributed by atoms with Crippen molar-refractivity contribution in [1.82, 2.24) is 0 Å². The Morgan fingerprint density at radius 1 is 1.08 bits per heavy atom. The van der Waals surface area contributed by atoms with Crippen molar-refractivity contribution in [3.63, 3.8) is 0 Å². The molecule has 1 atom stereocenters. The summed E-state index contributed by atoms with van der Waals surface area (Å²) in [5, 5.41) is 0. The minimum absolute atomic E-state index is 0.268. The van der Waals surface area contributed by atoms with E-state index in [2.05, 4.69) is 4.99 Å². The third kappa shape index (κ3) is 2.78. The first-order valence-corrected chi connectivity index (χ1v) is 8.03. The maximum atomic E-state index is 12.5. The monoisotopic (exact) mass is 319 g/mol. The molecule has 0 spiro atoms. The predicted molar refractivity (Wildman–Crippen MR) is 96.9 cm³/mol. The minimum atomic E-state index is -0.810. The molecule has 0 amide bonds. The van der Waals surface area contributed by atoms with Gasteiger partial charge in [-0.05, 0) is 36.1 Å². The summed E-state index contributed by atoms with van der Waals surface area (Å²) < 4.78 is 5.07. The SMILES string of the molecule is COC(=O)C1(C(C)=NCc2ccccc2)C=C1c1ccccc1C. The number of ether oxygens (including phenoxy) is 1. The van der Waals surface area contributed by atoms with E-state index in [4.69, 9.17) is 4.74 Å². The molecule has 1 aliphatic rings. The topological polar surface area (TPSA) is 38.7 Å². The van der Waals surface area contributed by atoms with E-state index < -0.39 is 5.41 Å². The summed E-state index contributed by atoms with van der Waals surface area (Å²) in [6.07, 6.45) is 1.96. The van der Waals surface area contributed by atoms with Crippen LogP contribution in [0.2, 0.25) is 0 Å². The zero-order chi connectivity index (χ0) is 17.2. The maximum absolute atomic E-state index is 12.5. The van der Waals surface area contributed by atoms with Gasteiger partial charge >= 0.3 is 5.97 Å². The highest BCUT2D eigenvalue weighted by molar-refractivity contribution is 6.26. The van der Waals surface area contributed by atoms with Crippen molar-refractivity contribution in [2.75, 3.05) is 7.11 Å². The van der Waals surface area contributed by atoms with Crippen molar-refractivity contribution in [2.45, 2.75) is 20.4 Å². The van der Waals surface area contributed by atoms with Crippen LogP contribution in [0.15, 0.2) is 65.7 Å². The molecule has 0 saturated carbocycles. The number of nitrogens with zero attached hydrogens (tertiary/aromatic N) is 1. The normalized spacial score (nSPS) is 19.6. The molecule has 0 aromatic heterocycles. The molecule has 0 aliphatic heterocycles. The van der Waals surface area contributed by atoms with E-state index in [1.54, 1.807) is 0 Å². The third-order valence-corrected chi connectivity index (χ3v) is 4.56. The number of carbonyl (C=O) groups excluding carboxylic acids is 1. The van der Waals surface area contributed by atoms with E-state index in [1.165, 1.54) is 7.11 Å². The lowest BCUT2D eigenvalue weighted by Crippen LogP contribution is -2.28. The molecule has 0 bridgehead atoms. The van der Waals surface area contributed by atoms with Crippen LogP contribution in [0, 0.1) is 12.3 Å². The quantitative estimate of drug-likeness (QED) is 0.611. The molecular formula is C21H21NO2. The van der Waals surface area contributed by atoms with Crippen molar-refractivity contribution in [3.05, 3.63) is 77.4 Å². The standard InChI is InChI=1S/C21H21NO2/c1-15-9-7-8-12-18(15)19-13-21(19,20(23)24-3)16(2)22-14-17-10-5-4-6-11-17/h4-13H,14H2,1-3H3. The Morgan fingerprint density at radius 3 is 2.42 bits per heavy atom. The Hall–Kier alpha value is -2.68. The molecule has 0 radical (unpaired) electrons. The van der Waals surface area contributed by atoms with Gasteiger partial charge in [-0.15, -0.1) is 0 Å². The Bertz CT molecular complexity index is 821. The lowest BCUT2D eigenvalue weighted by atomic mass is 9.90. The lowest BCUT2D eigenvalue weighted by molar-refractivity contribution is -0.143. The van der Waals surface area contributed by atoms with Crippen LogP contribution < -0.4 is 0 Å². The molecule has 0 fully saturated rings. The van der Waals surface area contributed by atoms with Crippen LogP contribution in [0.4, 0.5) is 0 Å². The maximum Gasteiger partial charge on any atom is 0.326 e. The summed E-state index contributed by atoms with van der Waals surface area (Å²) >= 11 is 0. The van der Waals surface area contributed by atoms with Gasteiger partial charge < -0.3 is 4.74 Å². The summed E-state index contributed by atoms with van der Waals surface area (Å²) in [4.78, 5) is 17.2. The van der Waals surface area contributed by atoms with Gasteiger partial charge in [-0.1, -0.05) is 60.7 Å². The number of hydrogen-bond donors (Lipinski definition) is 0. The number of methoxy groups -OCH3 is 1. The van der Waals surface area contributed by atoms with E-state index >= 15 is 0 Å². The van der Waals surface area contributed by atoms with Gasteiger partial charge in [0.1, 0.15) is 5.41 Å². The summed E-state index contributed by atoms with van der Waals surface area (Å²) in [6.45, 7) is 4.51. The first-order valence-electron chi connectivity index (χ1n) is 8.03. The smallest absolute Gasteiger partial charge is 0.326 e. The number of rotatable bonds is 5. The Morgan fingerprint density at radius 2 is 1.75 bits per heavy atom. The molecule has 0 saturated heterocycles. The largest absolute Gasteiger partial charge is 0.468 e. The Balaban J connectivity index is 1.89. The van der Waals surface area contributed by atoms with E-state index in [0.29, 0.717) is 6.54 Å². The Labute approximate surface area is 142 Å². The number of hydrogen-bond acceptors (Lipinski definition) is 3. The van der Waals surface area contributed by atoms with E-state index in [1.807, 2.05) is 74.5 Å². The molecule has 2 aromatic rings. The number of carbonyl (C=O) groups is 1. The molecule has 0 heterocycles. The van der Waals surface area contributed by atoms with Gasteiger partial charge in [0.2, 0.25) is 0 Å². The molecular weight excluding hydrogens is 298 g/mol. The number of aryl methyl sites for hydroxylation is 1. The van der Waals surface area contributed by atoms with Crippen LogP contribution in [0.3, 0.4) is 0 Å². The van der Waals surface area contributed by atoms with Crippen LogP contribution >= 0.6 is 0 Å². The van der Waals surface area contributed by atoms with Crippen molar-refractivity contribution in [3.8, 4) is 0 Å². The fourth-order valence-corrected chi connectivity index (χ4v) is 3.04. The summed E-state index contributed by atoms with van der Waals surface area (Å²) in [7, 11) is 1.43. The fraction of sp³-hybridized carbons (Fsp3) is 0.238. The molecule has 0 N–H and O–H groups in total. The fourth-order valence-electron chi connectivity index (χ4n) is 3.04. The molecule has 122 valence electrons. The van der Waals surface area contributed by atoms with Gasteiger partial charge in [-0.25, -0.2) is 0 Å². The van der Waals surface area contributed by atoms with Crippen molar-refractivity contribution >= 4 is 17.3 Å². The first-order chi connectivity index (χ1) is 11.6. The Kier molecular flexibility index (Phi) is 4.34. The summed E-state index contributed by atoms with van der Waals surface area (Å²) in [6, 6.07) is 18.1. The average molecular weight is 319 g/mol. The lowest BCUT2D eigenvalue weighted by Gasteiger charge is -2.17. The predicted octanol–water partition coefficient (Wildman–Crippen LogP) is 4.21. The van der Waals surface area contributed by atoms with Crippen LogP contribution in [0.25, 0.3) is 5.57 Å². The van der Waals surface area contributed by atoms with Crippen LogP contribution in [0.1, 0.15) is 23.6 Å². The molecule has 2 aromatic carbocycles. The highest BCUT2D eigenvalue weighted by atomic mass is 16.5. The second-order valence-electron chi connectivity index (χ2n) is 6.06. The average Bonchev–Trinajstić information content (AvgIpc) is 3.37. The second-order valence-corrected chi connectivity index (χ2v) is 6.06. The molecule has 3 heteroatoms. The van der Waals surface area contributed by atoms with Crippen LogP contribution in [-0.4, -0.2) is 18.8 Å². The number of aliphatic imine (C=N–C) groups is 1. The van der Waals surface area contributed by atoms with Gasteiger partial charge in [-0.2, -0.15) is 0 Å². The number of benzene rings is 2. The molecule has 3 rings (SSSR count). The van der Waals surface area contributed by atoms with Crippen molar-refractivity contribution < 1.29 is 9.53 Å². The highest BCUT2D eigenvalue weighted by Crippen LogP contribution is 2.53. The van der Waals surface area contributed by atoms with Crippen LogP contribution in [-0.2, 0) is 16.1 Å². The molecule has 1 aliphatic carbocycles. The zero-order valence-electron chi connectivity index (χ0n) is 14.2. The van der Waals surface area contributed by atoms with E-state index in [-0.39, 0.29) is 5.97 Å². The third-order valence-electron chi connectivity index (χ3n) is 4.56. The van der Waals surface area contributed by atoms with E-state index in [9.17, 15) is 4.79 Å². The molecule has 3 nitrogen and oxygen atoms in total. The zero-order valence-corrected chi connectivity index (χ0v) is 14.2. The minimum Gasteiger partial charge on any atom is -0.468 e. The summed E-state index contributed by atoms with van der Waals surface area (Å²) in [5.41, 5.74) is 4.30. The van der Waals surface area contributed by atoms with Gasteiger partial charge in [-0.3, -0.25) is 9.79 Å². The number of esters is 1. The van der Waals surface area contributed by atoms with E-state index in [0.717, 1.165) is 28.0 Å². The molecule has 1 unspecified atom stereocenters. The molecule has 24 heavy (non-hydrogen) atoms. The second kappa shape index (κ2) is 6.44. The van der Waals surface area contributed by atoms with Gasteiger partial charge in [0.25, 0.3) is 0 Å².